The summed E-state index contributed by atoms with van der Waals surface area (Å²) < 4.78 is 0. The molecule has 0 fully saturated rings. The molecule has 0 saturated carbocycles. The van der Waals surface area contributed by atoms with E-state index in [1.165, 1.54) is 0 Å². The van der Waals surface area contributed by atoms with Crippen molar-refractivity contribution in [1.29, 1.82) is 0 Å². The third-order valence-corrected chi connectivity index (χ3v) is 9.69. The van der Waals surface area contributed by atoms with Gasteiger partial charge in [-0.2, -0.15) is 0 Å². The molecule has 96 valence electrons. The standard InChI is InChI=1S/C14H20N2OSi/c1-4-18(5-2,6-3)13-10-12-11(14(17)16-13)8-7-9-15-12/h7-10H,4-6H2,1-3H3,(H,16,17). The number of nitrogens with zero attached hydrogens (tertiary/aromatic N) is 1. The summed E-state index contributed by atoms with van der Waals surface area (Å²) in [4.78, 5) is 19.6. The SMILES string of the molecule is CC[Si](CC)(CC)c1cc2ncccc2c(=O)[nH]1. The summed E-state index contributed by atoms with van der Waals surface area (Å²) in [5.74, 6) is 0. The third-order valence-electron chi connectivity index (χ3n) is 4.21. The molecule has 2 heterocycles. The van der Waals surface area contributed by atoms with Crippen molar-refractivity contribution >= 4 is 24.3 Å². The van der Waals surface area contributed by atoms with Crippen LogP contribution in [-0.2, 0) is 0 Å². The summed E-state index contributed by atoms with van der Waals surface area (Å²) in [7, 11) is -1.54. The summed E-state index contributed by atoms with van der Waals surface area (Å²) in [6.45, 7) is 6.71. The number of nitrogens with one attached hydrogen (secondary N) is 1. The van der Waals surface area contributed by atoms with Crippen LogP contribution in [0.3, 0.4) is 0 Å². The minimum atomic E-state index is -1.54. The van der Waals surface area contributed by atoms with Crippen LogP contribution < -0.4 is 10.9 Å². The topological polar surface area (TPSA) is 45.8 Å². The average Bonchev–Trinajstić information content (AvgIpc) is 2.42. The molecular formula is C14H20N2OSi. The highest BCUT2D eigenvalue weighted by molar-refractivity contribution is 6.91. The minimum absolute atomic E-state index is 0.00262. The molecule has 0 aliphatic heterocycles. The zero-order valence-electron chi connectivity index (χ0n) is 11.3. The van der Waals surface area contributed by atoms with Gasteiger partial charge in [0.15, 0.2) is 0 Å². The Hall–Kier alpha value is -1.42. The molecule has 0 unspecified atom stereocenters. The largest absolute Gasteiger partial charge is 0.330 e. The van der Waals surface area contributed by atoms with Gasteiger partial charge in [-0.05, 0) is 18.2 Å². The highest BCUT2D eigenvalue weighted by Gasteiger charge is 2.30. The molecule has 0 aromatic carbocycles. The lowest BCUT2D eigenvalue weighted by atomic mass is 10.3. The average molecular weight is 260 g/mol. The molecular weight excluding hydrogens is 240 g/mol. The Bertz CT molecular complexity index is 594. The van der Waals surface area contributed by atoms with E-state index in [-0.39, 0.29) is 5.56 Å². The van der Waals surface area contributed by atoms with Crippen LogP contribution >= 0.6 is 0 Å². The van der Waals surface area contributed by atoms with E-state index in [1.54, 1.807) is 12.3 Å². The molecule has 0 radical (unpaired) electrons. The lowest BCUT2D eigenvalue weighted by Crippen LogP contribution is -2.49. The van der Waals surface area contributed by atoms with Crippen molar-refractivity contribution in [2.24, 2.45) is 0 Å². The van der Waals surface area contributed by atoms with Gasteiger partial charge < -0.3 is 4.98 Å². The Kier molecular flexibility index (Phi) is 3.66. The van der Waals surface area contributed by atoms with Gasteiger partial charge in [-0.15, -0.1) is 0 Å². The predicted molar refractivity (Wildman–Crippen MR) is 79.2 cm³/mol. The molecule has 0 aliphatic rings. The summed E-state index contributed by atoms with van der Waals surface area (Å²) in [5.41, 5.74) is 0.825. The molecule has 3 nitrogen and oxygen atoms in total. The van der Waals surface area contributed by atoms with Crippen molar-refractivity contribution in [3.63, 3.8) is 0 Å². The van der Waals surface area contributed by atoms with E-state index in [0.717, 1.165) is 29.0 Å². The maximum atomic E-state index is 12.1. The number of aromatic nitrogens is 2. The van der Waals surface area contributed by atoms with Gasteiger partial charge in [-0.1, -0.05) is 38.9 Å². The number of H-pyrrole nitrogens is 1. The maximum Gasteiger partial charge on any atom is 0.257 e. The van der Waals surface area contributed by atoms with Gasteiger partial charge in [0.1, 0.15) is 8.07 Å². The van der Waals surface area contributed by atoms with Crippen LogP contribution in [0.4, 0.5) is 0 Å². The highest BCUT2D eigenvalue weighted by Crippen LogP contribution is 2.19. The first kappa shape index (κ1) is 13.0. The maximum absolute atomic E-state index is 12.1. The summed E-state index contributed by atoms with van der Waals surface area (Å²) in [6, 6.07) is 9.22. The molecule has 0 amide bonds. The third kappa shape index (κ3) is 2.01. The van der Waals surface area contributed by atoms with E-state index >= 15 is 0 Å². The van der Waals surface area contributed by atoms with Crippen LogP contribution in [0.25, 0.3) is 10.9 Å². The van der Waals surface area contributed by atoms with Crippen molar-refractivity contribution in [3.05, 3.63) is 34.7 Å². The monoisotopic (exact) mass is 260 g/mol. The Balaban J connectivity index is 2.69. The molecule has 4 heteroatoms. The van der Waals surface area contributed by atoms with Crippen molar-refractivity contribution in [1.82, 2.24) is 9.97 Å². The predicted octanol–water partition coefficient (Wildman–Crippen LogP) is 2.64. The van der Waals surface area contributed by atoms with Crippen LogP contribution in [0.15, 0.2) is 29.2 Å². The summed E-state index contributed by atoms with van der Waals surface area (Å²) in [6.07, 6.45) is 1.75. The first-order valence-electron chi connectivity index (χ1n) is 6.65. The molecule has 2 aromatic rings. The van der Waals surface area contributed by atoms with E-state index < -0.39 is 8.07 Å². The van der Waals surface area contributed by atoms with Crippen LogP contribution in [0, 0.1) is 0 Å². The van der Waals surface area contributed by atoms with Crippen LogP contribution in [0.1, 0.15) is 20.8 Å². The van der Waals surface area contributed by atoms with Gasteiger partial charge in [0.2, 0.25) is 0 Å². The second-order valence-corrected chi connectivity index (χ2v) is 10.0. The number of aromatic amines is 1. The number of pyridine rings is 2. The fraction of sp³-hybridized carbons (Fsp3) is 0.429. The lowest BCUT2D eigenvalue weighted by molar-refractivity contribution is 1.16. The Morgan fingerprint density at radius 2 is 1.89 bits per heavy atom. The molecule has 0 aliphatic carbocycles. The molecule has 2 aromatic heterocycles. The Morgan fingerprint density at radius 3 is 2.50 bits per heavy atom. The number of fused-ring (bicyclic) bond motifs is 1. The molecule has 0 atom stereocenters. The lowest BCUT2D eigenvalue weighted by Gasteiger charge is -2.27. The molecule has 1 N–H and O–H groups in total. The van der Waals surface area contributed by atoms with Gasteiger partial charge in [-0.3, -0.25) is 9.78 Å². The molecule has 18 heavy (non-hydrogen) atoms. The van der Waals surface area contributed by atoms with E-state index in [9.17, 15) is 4.79 Å². The van der Waals surface area contributed by atoms with Gasteiger partial charge in [0, 0.05) is 11.5 Å². The van der Waals surface area contributed by atoms with Crippen LogP contribution in [-0.4, -0.2) is 18.0 Å². The van der Waals surface area contributed by atoms with E-state index in [4.69, 9.17) is 0 Å². The van der Waals surface area contributed by atoms with Crippen molar-refractivity contribution in [3.8, 4) is 0 Å². The number of rotatable bonds is 4. The first-order valence-corrected chi connectivity index (χ1v) is 9.27. The zero-order valence-corrected chi connectivity index (χ0v) is 12.3. The van der Waals surface area contributed by atoms with Crippen LogP contribution in [0.5, 0.6) is 0 Å². The second kappa shape index (κ2) is 5.06. The molecule has 0 spiro atoms. The van der Waals surface area contributed by atoms with Gasteiger partial charge in [0.25, 0.3) is 5.56 Å². The quantitative estimate of drug-likeness (QED) is 0.859. The molecule has 0 bridgehead atoms. The fourth-order valence-electron chi connectivity index (χ4n) is 2.69. The minimum Gasteiger partial charge on any atom is -0.330 e. The van der Waals surface area contributed by atoms with E-state index in [1.807, 2.05) is 6.07 Å². The van der Waals surface area contributed by atoms with Gasteiger partial charge in [0.05, 0.1) is 10.9 Å². The van der Waals surface area contributed by atoms with E-state index in [0.29, 0.717) is 5.39 Å². The van der Waals surface area contributed by atoms with E-state index in [2.05, 4.69) is 36.8 Å². The number of hydrogen-bond acceptors (Lipinski definition) is 2. The second-order valence-electron chi connectivity index (χ2n) is 4.79. The van der Waals surface area contributed by atoms with Crippen LogP contribution in [0.2, 0.25) is 18.1 Å². The zero-order chi connectivity index (χ0) is 13.2. The highest BCUT2D eigenvalue weighted by atomic mass is 28.3. The van der Waals surface area contributed by atoms with Crippen molar-refractivity contribution < 1.29 is 0 Å². The normalized spacial score (nSPS) is 11.9. The molecule has 2 rings (SSSR count). The molecule has 0 saturated heterocycles. The fourth-order valence-corrected chi connectivity index (χ4v) is 6.16. The Morgan fingerprint density at radius 1 is 1.22 bits per heavy atom. The van der Waals surface area contributed by atoms with Gasteiger partial charge >= 0.3 is 0 Å². The Labute approximate surface area is 108 Å². The first-order chi connectivity index (χ1) is 8.66. The smallest absolute Gasteiger partial charge is 0.257 e. The summed E-state index contributed by atoms with van der Waals surface area (Å²) in [5, 5.41) is 1.85. The number of hydrogen-bond donors (Lipinski definition) is 1. The summed E-state index contributed by atoms with van der Waals surface area (Å²) >= 11 is 0. The van der Waals surface area contributed by atoms with Gasteiger partial charge in [-0.25, -0.2) is 0 Å². The van der Waals surface area contributed by atoms with Crippen molar-refractivity contribution in [2.75, 3.05) is 0 Å². The van der Waals surface area contributed by atoms with Crippen molar-refractivity contribution in [2.45, 2.75) is 38.9 Å².